The zero-order valence-electron chi connectivity index (χ0n) is 21.2. The SMILES string of the molecule is CC(C)(C)S(=O)N[C@@H](c1cc2cccc(-c3cc(C(O)(C(F)(F)F)C(F)(F)F)ccn3)c2s1)c1ccccc1Cl. The summed E-state index contributed by atoms with van der Waals surface area (Å²) in [5.41, 5.74) is -5.78. The average Bonchev–Trinajstić information content (AvgIpc) is 3.29. The van der Waals surface area contributed by atoms with E-state index in [0.29, 0.717) is 37.7 Å². The Hall–Kier alpha value is -2.51. The van der Waals surface area contributed by atoms with Gasteiger partial charge in [0.1, 0.15) is 0 Å². The number of pyridine rings is 1. The van der Waals surface area contributed by atoms with Crippen molar-refractivity contribution < 1.29 is 35.7 Å². The first kappa shape index (κ1) is 30.4. The van der Waals surface area contributed by atoms with Gasteiger partial charge in [-0.05, 0) is 56.0 Å². The molecule has 2 aromatic carbocycles. The minimum atomic E-state index is -6.03. The van der Waals surface area contributed by atoms with Gasteiger partial charge >= 0.3 is 12.4 Å². The zero-order chi connectivity index (χ0) is 29.7. The van der Waals surface area contributed by atoms with Crippen LogP contribution in [-0.4, -0.2) is 31.4 Å². The van der Waals surface area contributed by atoms with Crippen LogP contribution in [0.25, 0.3) is 21.3 Å². The van der Waals surface area contributed by atoms with Gasteiger partial charge in [0.15, 0.2) is 0 Å². The number of hydrogen-bond acceptors (Lipinski definition) is 4. The third-order valence-electron chi connectivity index (χ3n) is 6.12. The maximum Gasteiger partial charge on any atom is 0.430 e. The summed E-state index contributed by atoms with van der Waals surface area (Å²) < 4.78 is 97.2. The molecule has 0 amide bonds. The highest BCUT2D eigenvalue weighted by Crippen LogP contribution is 2.50. The Kier molecular flexibility index (Phi) is 8.16. The maximum atomic E-state index is 13.5. The van der Waals surface area contributed by atoms with Crippen LogP contribution in [0.15, 0.2) is 66.9 Å². The van der Waals surface area contributed by atoms with Gasteiger partial charge in [0.05, 0.1) is 27.5 Å². The lowest BCUT2D eigenvalue weighted by molar-refractivity contribution is -0.376. The quantitative estimate of drug-likeness (QED) is 0.214. The molecule has 2 N–H and O–H groups in total. The highest BCUT2D eigenvalue weighted by molar-refractivity contribution is 7.84. The molecule has 0 bridgehead atoms. The van der Waals surface area contributed by atoms with E-state index in [-0.39, 0.29) is 11.3 Å². The summed E-state index contributed by atoms with van der Waals surface area (Å²) in [5, 5.41) is 10.9. The van der Waals surface area contributed by atoms with Crippen LogP contribution < -0.4 is 4.72 Å². The molecule has 0 saturated carbocycles. The van der Waals surface area contributed by atoms with E-state index in [1.807, 2.05) is 0 Å². The predicted octanol–water partition coefficient (Wildman–Crippen LogP) is 8.07. The molecule has 0 saturated heterocycles. The molecule has 0 aliphatic heterocycles. The Morgan fingerprint density at radius 1 is 0.950 bits per heavy atom. The summed E-state index contributed by atoms with van der Waals surface area (Å²) in [6, 6.07) is 14.0. The minimum absolute atomic E-state index is 0.191. The van der Waals surface area contributed by atoms with Crippen LogP contribution in [0.3, 0.4) is 0 Å². The number of benzene rings is 2. The number of rotatable bonds is 6. The molecule has 4 aromatic rings. The van der Waals surface area contributed by atoms with Crippen LogP contribution in [0, 0.1) is 0 Å². The van der Waals surface area contributed by atoms with Crippen molar-refractivity contribution >= 4 is 44.0 Å². The van der Waals surface area contributed by atoms with Gasteiger partial charge in [0.2, 0.25) is 0 Å². The average molecular weight is 621 g/mol. The maximum absolute atomic E-state index is 13.5. The molecule has 0 radical (unpaired) electrons. The van der Waals surface area contributed by atoms with E-state index in [4.69, 9.17) is 11.6 Å². The number of nitrogens with zero attached hydrogens (tertiary/aromatic N) is 1. The largest absolute Gasteiger partial charge is 0.430 e. The van der Waals surface area contributed by atoms with Gasteiger partial charge in [-0.2, -0.15) is 26.3 Å². The van der Waals surface area contributed by atoms with Gasteiger partial charge in [-0.1, -0.05) is 48.0 Å². The first-order valence-electron chi connectivity index (χ1n) is 11.7. The van der Waals surface area contributed by atoms with Crippen molar-refractivity contribution in [3.63, 3.8) is 0 Å². The van der Waals surface area contributed by atoms with E-state index < -0.39 is 45.3 Å². The van der Waals surface area contributed by atoms with Crippen molar-refractivity contribution in [2.24, 2.45) is 0 Å². The van der Waals surface area contributed by atoms with E-state index in [1.54, 1.807) is 63.2 Å². The number of aromatic nitrogens is 1. The summed E-state index contributed by atoms with van der Waals surface area (Å²) in [6.45, 7) is 5.39. The number of aliphatic hydroxyl groups is 1. The van der Waals surface area contributed by atoms with Crippen molar-refractivity contribution in [1.29, 1.82) is 0 Å². The topological polar surface area (TPSA) is 62.2 Å². The second-order valence-electron chi connectivity index (χ2n) is 9.96. The van der Waals surface area contributed by atoms with Crippen molar-refractivity contribution in [1.82, 2.24) is 9.71 Å². The van der Waals surface area contributed by atoms with Crippen LogP contribution in [0.2, 0.25) is 5.02 Å². The van der Waals surface area contributed by atoms with Gasteiger partial charge in [-0.15, -0.1) is 11.3 Å². The normalized spacial score (nSPS) is 14.9. The van der Waals surface area contributed by atoms with Crippen LogP contribution in [-0.2, 0) is 16.6 Å². The Bertz CT molecular complexity index is 1550. The Morgan fingerprint density at radius 3 is 2.20 bits per heavy atom. The van der Waals surface area contributed by atoms with Gasteiger partial charge in [0.25, 0.3) is 5.60 Å². The van der Waals surface area contributed by atoms with Crippen molar-refractivity contribution in [3.05, 3.63) is 87.9 Å². The Labute approximate surface area is 237 Å². The molecule has 1 unspecified atom stereocenters. The highest BCUT2D eigenvalue weighted by atomic mass is 35.5. The van der Waals surface area contributed by atoms with E-state index in [0.717, 1.165) is 6.20 Å². The molecule has 40 heavy (non-hydrogen) atoms. The molecule has 2 atom stereocenters. The van der Waals surface area contributed by atoms with E-state index in [9.17, 15) is 35.7 Å². The van der Waals surface area contributed by atoms with Crippen LogP contribution >= 0.6 is 22.9 Å². The molecule has 2 heterocycles. The van der Waals surface area contributed by atoms with E-state index in [2.05, 4.69) is 9.71 Å². The molecular weight excluding hydrogens is 598 g/mol. The molecule has 214 valence electrons. The third kappa shape index (κ3) is 5.64. The molecule has 0 aliphatic carbocycles. The molecule has 0 aliphatic rings. The summed E-state index contributed by atoms with van der Waals surface area (Å²) in [5.74, 6) is 0. The summed E-state index contributed by atoms with van der Waals surface area (Å²) >= 11 is 7.68. The lowest BCUT2D eigenvalue weighted by Crippen LogP contribution is -2.53. The second kappa shape index (κ2) is 10.7. The smallest absolute Gasteiger partial charge is 0.369 e. The minimum Gasteiger partial charge on any atom is -0.369 e. The van der Waals surface area contributed by atoms with Gasteiger partial charge < -0.3 is 5.11 Å². The fourth-order valence-corrected chi connectivity index (χ4v) is 6.38. The molecule has 13 heteroatoms. The van der Waals surface area contributed by atoms with E-state index >= 15 is 0 Å². The number of fused-ring (bicyclic) bond motifs is 1. The summed E-state index contributed by atoms with van der Waals surface area (Å²) in [7, 11) is -1.53. The van der Waals surface area contributed by atoms with Gasteiger partial charge in [-0.3, -0.25) is 4.98 Å². The number of hydrogen-bond donors (Lipinski definition) is 2. The van der Waals surface area contributed by atoms with Crippen molar-refractivity contribution in [3.8, 4) is 11.3 Å². The van der Waals surface area contributed by atoms with Crippen LogP contribution in [0.1, 0.15) is 42.8 Å². The van der Waals surface area contributed by atoms with Gasteiger partial charge in [-0.25, -0.2) is 8.93 Å². The number of thiophene rings is 1. The molecule has 0 fully saturated rings. The standard InChI is InChI=1S/C27H23ClF6N2O2S2/c1-24(2,3)40(38)36-22(17-8-4-5-10-19(17)28)21-13-15-7-6-9-18(23(15)39-21)20-14-16(11-12-35-20)25(37,26(29,30)31)27(32,33)34/h4-14,22,36-37H,1-3H3/t22-,40?/m1/s1. The zero-order valence-corrected chi connectivity index (χ0v) is 23.6. The van der Waals surface area contributed by atoms with Crippen molar-refractivity contribution in [2.75, 3.05) is 0 Å². The lowest BCUT2D eigenvalue weighted by Gasteiger charge is -2.32. The molecule has 4 rings (SSSR count). The Morgan fingerprint density at radius 2 is 1.60 bits per heavy atom. The number of alkyl halides is 6. The highest BCUT2D eigenvalue weighted by Gasteiger charge is 2.71. The summed E-state index contributed by atoms with van der Waals surface area (Å²) in [4.78, 5) is 4.68. The molecule has 2 aromatic heterocycles. The predicted molar refractivity (Wildman–Crippen MR) is 145 cm³/mol. The van der Waals surface area contributed by atoms with Crippen molar-refractivity contribution in [2.45, 2.75) is 49.5 Å². The molecule has 0 spiro atoms. The second-order valence-corrected chi connectivity index (χ2v) is 13.5. The number of halogens is 7. The fraction of sp³-hybridized carbons (Fsp3) is 0.296. The first-order valence-corrected chi connectivity index (χ1v) is 14.1. The van der Waals surface area contributed by atoms with Crippen LogP contribution in [0.5, 0.6) is 0 Å². The van der Waals surface area contributed by atoms with Gasteiger partial charge in [0, 0.05) is 31.9 Å². The monoisotopic (exact) mass is 620 g/mol. The third-order valence-corrected chi connectivity index (χ3v) is 9.27. The lowest BCUT2D eigenvalue weighted by atomic mass is 9.91. The van der Waals surface area contributed by atoms with Crippen LogP contribution in [0.4, 0.5) is 26.3 Å². The molecular formula is C27H23ClF6N2O2S2. The Balaban J connectivity index is 1.87. The fourth-order valence-electron chi connectivity index (χ4n) is 3.99. The first-order chi connectivity index (χ1) is 18.4. The van der Waals surface area contributed by atoms with E-state index in [1.165, 1.54) is 17.4 Å². The number of nitrogens with one attached hydrogen (secondary N) is 1. The summed E-state index contributed by atoms with van der Waals surface area (Å²) in [6.07, 6.45) is -11.3. The molecule has 4 nitrogen and oxygen atoms in total.